The van der Waals surface area contributed by atoms with E-state index in [1.165, 1.54) is 0 Å². The first-order valence-electron chi connectivity index (χ1n) is 10.7. The van der Waals surface area contributed by atoms with Crippen molar-refractivity contribution in [1.82, 2.24) is 4.31 Å². The van der Waals surface area contributed by atoms with Crippen molar-refractivity contribution in [3.8, 4) is 0 Å². The Morgan fingerprint density at radius 1 is 0.714 bits per heavy atom. The molecule has 8 heteroatoms. The molecule has 28 heavy (non-hydrogen) atoms. The number of halogens is 6. The highest BCUT2D eigenvalue weighted by molar-refractivity contribution is 7.98. The Kier molecular flexibility index (Phi) is 3.58. The Morgan fingerprint density at radius 2 is 1.21 bits per heavy atom. The largest absolute Gasteiger partial charge is 0.413 e. The Labute approximate surface area is 165 Å². The van der Waals surface area contributed by atoms with Gasteiger partial charge in [-0.2, -0.15) is 26.3 Å². The molecule has 0 spiro atoms. The first-order valence-corrected chi connectivity index (χ1v) is 11.4. The van der Waals surface area contributed by atoms with Crippen molar-refractivity contribution in [2.24, 2.45) is 35.5 Å². The van der Waals surface area contributed by atoms with Crippen LogP contribution in [0.15, 0.2) is 0 Å². The van der Waals surface area contributed by atoms with Crippen molar-refractivity contribution in [3.05, 3.63) is 0 Å². The molecule has 0 N–H and O–H groups in total. The molecule has 6 bridgehead atoms. The lowest BCUT2D eigenvalue weighted by Crippen LogP contribution is -2.60. The summed E-state index contributed by atoms with van der Waals surface area (Å²) in [5.41, 5.74) is -0.439. The Morgan fingerprint density at radius 3 is 1.71 bits per heavy atom. The number of nitrogens with zero attached hydrogens (tertiary/aromatic N) is 1. The van der Waals surface area contributed by atoms with Crippen LogP contribution in [0.25, 0.3) is 0 Å². The number of fused-ring (bicyclic) bond motifs is 5. The lowest BCUT2D eigenvalue weighted by atomic mass is 9.52. The van der Waals surface area contributed by atoms with Gasteiger partial charge in [-0.1, -0.05) is 11.9 Å². The monoisotopic (exact) mass is 425 g/mol. The molecule has 0 aromatic rings. The van der Waals surface area contributed by atoms with Crippen LogP contribution < -0.4 is 0 Å². The van der Waals surface area contributed by atoms with Gasteiger partial charge in [0.25, 0.3) is 0 Å². The summed E-state index contributed by atoms with van der Waals surface area (Å²) in [5, 5.41) is 0. The van der Waals surface area contributed by atoms with Crippen LogP contribution in [0.4, 0.5) is 26.3 Å². The van der Waals surface area contributed by atoms with Gasteiger partial charge in [0.1, 0.15) is 0 Å². The molecule has 4 unspecified atom stereocenters. The fourth-order valence-corrected chi connectivity index (χ4v) is 10.7. The van der Waals surface area contributed by atoms with Crippen molar-refractivity contribution in [2.45, 2.75) is 86.5 Å². The average molecular weight is 425 g/mol. The minimum atomic E-state index is -5.28. The number of hydrogen-bond acceptors (Lipinski definition) is 2. The quantitative estimate of drug-likeness (QED) is 0.364. The Bertz CT molecular complexity index is 638. The normalized spacial score (nSPS) is 51.9. The summed E-state index contributed by atoms with van der Waals surface area (Å²) in [6.45, 7) is 0. The molecular formula is C20H25F6NS. The predicted octanol–water partition coefficient (Wildman–Crippen LogP) is 6.20. The fraction of sp³-hybridized carbons (Fsp3) is 1.00. The van der Waals surface area contributed by atoms with Crippen molar-refractivity contribution in [1.29, 1.82) is 0 Å². The van der Waals surface area contributed by atoms with Gasteiger partial charge in [0.15, 0.2) is 0 Å². The molecule has 158 valence electrons. The van der Waals surface area contributed by atoms with E-state index in [0.717, 1.165) is 44.9 Å². The number of hydrogen-bond donors (Lipinski definition) is 0. The third-order valence-electron chi connectivity index (χ3n) is 9.17. The molecule has 1 aliphatic heterocycles. The molecule has 0 radical (unpaired) electrons. The van der Waals surface area contributed by atoms with Gasteiger partial charge in [-0.3, -0.25) is 0 Å². The maximum atomic E-state index is 14.3. The van der Waals surface area contributed by atoms with Crippen molar-refractivity contribution in [2.75, 3.05) is 0 Å². The van der Waals surface area contributed by atoms with Crippen molar-refractivity contribution in [3.63, 3.8) is 0 Å². The highest BCUT2D eigenvalue weighted by Gasteiger charge is 2.84. The Hall–Kier alpha value is -0.110. The molecule has 0 amide bonds. The van der Waals surface area contributed by atoms with E-state index in [0.29, 0.717) is 30.6 Å². The van der Waals surface area contributed by atoms with E-state index in [4.69, 9.17) is 0 Å². The van der Waals surface area contributed by atoms with E-state index in [1.54, 1.807) is 4.31 Å². The first-order chi connectivity index (χ1) is 13.0. The molecule has 1 heterocycles. The second-order valence-corrected chi connectivity index (χ2v) is 11.9. The average Bonchev–Trinajstić information content (AvgIpc) is 3.23. The van der Waals surface area contributed by atoms with Crippen LogP contribution in [-0.2, 0) is 0 Å². The topological polar surface area (TPSA) is 3.24 Å². The van der Waals surface area contributed by atoms with Crippen LogP contribution in [0.3, 0.4) is 0 Å². The minimum Gasteiger partial charge on any atom is -0.240 e. The van der Waals surface area contributed by atoms with E-state index in [1.807, 2.05) is 0 Å². The molecule has 0 aromatic carbocycles. The van der Waals surface area contributed by atoms with Gasteiger partial charge < -0.3 is 0 Å². The van der Waals surface area contributed by atoms with E-state index in [9.17, 15) is 26.3 Å². The van der Waals surface area contributed by atoms with E-state index in [2.05, 4.69) is 0 Å². The summed E-state index contributed by atoms with van der Waals surface area (Å²) in [4.78, 5) is 0. The van der Waals surface area contributed by atoms with Crippen LogP contribution >= 0.6 is 11.9 Å². The highest BCUT2D eigenvalue weighted by Crippen LogP contribution is 2.74. The zero-order valence-electron chi connectivity index (χ0n) is 15.5. The molecule has 4 atom stereocenters. The Balaban J connectivity index is 1.48. The molecule has 6 aliphatic carbocycles. The van der Waals surface area contributed by atoms with Gasteiger partial charge in [-0.05, 0) is 87.4 Å². The SMILES string of the molecule is FC(F)(F)C1(C(F)(F)F)SN(C23CC4CC(CC(C4)C2)C3)C2C3CCC(C3)C21. The molecule has 7 fully saturated rings. The van der Waals surface area contributed by atoms with Gasteiger partial charge in [0.2, 0.25) is 4.75 Å². The smallest absolute Gasteiger partial charge is 0.240 e. The zero-order chi connectivity index (χ0) is 19.7. The second-order valence-electron chi connectivity index (χ2n) is 10.6. The van der Waals surface area contributed by atoms with Gasteiger partial charge in [-0.15, -0.1) is 0 Å². The highest BCUT2D eigenvalue weighted by atomic mass is 32.2. The zero-order valence-corrected chi connectivity index (χ0v) is 16.3. The molecule has 7 rings (SSSR count). The number of alkyl halides is 6. The molecule has 1 saturated heterocycles. The standard InChI is InChI=1S/C20H25F6NS/c21-19(22,23)18(20(24,25)26)15-13-1-2-14(6-13)16(15)27(28-18)17-7-10-3-11(8-17)5-12(4-10)9-17/h10-16H,1-9H2. The maximum absolute atomic E-state index is 14.3. The minimum absolute atomic E-state index is 0.00193. The summed E-state index contributed by atoms with van der Waals surface area (Å²) in [5.74, 6) is -0.280. The summed E-state index contributed by atoms with van der Waals surface area (Å²) in [6.07, 6.45) is -2.90. The van der Waals surface area contributed by atoms with Crippen LogP contribution in [-0.4, -0.2) is 33.0 Å². The third-order valence-corrected chi connectivity index (χ3v) is 11.0. The van der Waals surface area contributed by atoms with Gasteiger partial charge in [0.05, 0.1) is 0 Å². The van der Waals surface area contributed by atoms with Crippen molar-refractivity contribution < 1.29 is 26.3 Å². The first kappa shape index (κ1) is 18.6. The van der Waals surface area contributed by atoms with E-state index < -0.39 is 40.5 Å². The van der Waals surface area contributed by atoms with Gasteiger partial charge in [-0.25, -0.2) is 4.31 Å². The van der Waals surface area contributed by atoms with Crippen LogP contribution in [0.1, 0.15) is 57.8 Å². The molecule has 6 saturated carbocycles. The summed E-state index contributed by atoms with van der Waals surface area (Å²) >= 11 is 0.183. The van der Waals surface area contributed by atoms with Crippen molar-refractivity contribution >= 4 is 11.9 Å². The van der Waals surface area contributed by atoms with Crippen LogP contribution in [0.2, 0.25) is 0 Å². The molecule has 0 aromatic heterocycles. The van der Waals surface area contributed by atoms with E-state index in [-0.39, 0.29) is 17.9 Å². The van der Waals surface area contributed by atoms with Crippen LogP contribution in [0, 0.1) is 35.5 Å². The summed E-state index contributed by atoms with van der Waals surface area (Å²) in [6, 6.07) is -0.553. The summed E-state index contributed by atoms with van der Waals surface area (Å²) in [7, 11) is 0. The third kappa shape index (κ3) is 2.12. The lowest BCUT2D eigenvalue weighted by molar-refractivity contribution is -0.280. The summed E-state index contributed by atoms with van der Waals surface area (Å²) < 4.78 is 83.7. The molecule has 7 aliphatic rings. The van der Waals surface area contributed by atoms with Crippen LogP contribution in [0.5, 0.6) is 0 Å². The molecular weight excluding hydrogens is 400 g/mol. The second kappa shape index (κ2) is 5.38. The predicted molar refractivity (Wildman–Crippen MR) is 93.3 cm³/mol. The van der Waals surface area contributed by atoms with Gasteiger partial charge >= 0.3 is 12.4 Å². The molecule has 1 nitrogen and oxygen atoms in total. The fourth-order valence-electron chi connectivity index (χ4n) is 8.84. The van der Waals surface area contributed by atoms with Gasteiger partial charge in [0, 0.05) is 17.5 Å². The number of rotatable bonds is 1. The maximum Gasteiger partial charge on any atom is 0.413 e. The lowest BCUT2D eigenvalue weighted by Gasteiger charge is -2.61. The van der Waals surface area contributed by atoms with E-state index >= 15 is 0 Å².